The number of amides is 2. The summed E-state index contributed by atoms with van der Waals surface area (Å²) in [7, 11) is 0. The first-order chi connectivity index (χ1) is 15.6. The molecule has 32 heavy (non-hydrogen) atoms. The second kappa shape index (κ2) is 8.19. The first-order valence-corrected chi connectivity index (χ1v) is 10.9. The number of carbonyl (C=O) groups is 2. The first-order valence-electron chi connectivity index (χ1n) is 10.9. The number of benzene rings is 2. The largest absolute Gasteiger partial charge is 0.342 e. The van der Waals surface area contributed by atoms with Crippen molar-refractivity contribution in [3.63, 3.8) is 0 Å². The first kappa shape index (κ1) is 20.4. The fraction of sp³-hybridized carbons (Fsp3) is 0.269. The Hall–Kier alpha value is -3.54. The molecule has 5 nitrogen and oxygen atoms in total. The summed E-state index contributed by atoms with van der Waals surface area (Å²) in [6.07, 6.45) is 3.30. The van der Waals surface area contributed by atoms with E-state index in [1.165, 1.54) is 12.1 Å². The highest BCUT2D eigenvalue weighted by Crippen LogP contribution is 2.46. The molecule has 2 amide bonds. The van der Waals surface area contributed by atoms with Crippen LogP contribution < -0.4 is 0 Å². The number of hydrogen-bond donors (Lipinski definition) is 0. The number of halogens is 1. The van der Waals surface area contributed by atoms with Crippen LogP contribution in [0.2, 0.25) is 0 Å². The smallest absolute Gasteiger partial charge is 0.256 e. The molecular formula is C26H24FN3O2. The van der Waals surface area contributed by atoms with Gasteiger partial charge in [-0.05, 0) is 48.2 Å². The van der Waals surface area contributed by atoms with Crippen molar-refractivity contribution in [3.05, 3.63) is 101 Å². The van der Waals surface area contributed by atoms with Crippen LogP contribution in [0.4, 0.5) is 4.39 Å². The van der Waals surface area contributed by atoms with E-state index in [2.05, 4.69) is 4.98 Å². The van der Waals surface area contributed by atoms with Crippen molar-refractivity contribution in [2.75, 3.05) is 13.1 Å². The highest BCUT2D eigenvalue weighted by Gasteiger charge is 2.52. The fourth-order valence-electron chi connectivity index (χ4n) is 4.97. The molecule has 2 aromatic carbocycles. The van der Waals surface area contributed by atoms with Gasteiger partial charge >= 0.3 is 0 Å². The zero-order chi connectivity index (χ0) is 22.1. The van der Waals surface area contributed by atoms with Gasteiger partial charge in [-0.15, -0.1) is 0 Å². The van der Waals surface area contributed by atoms with E-state index in [-0.39, 0.29) is 17.6 Å². The summed E-state index contributed by atoms with van der Waals surface area (Å²) in [5, 5.41) is 0. The molecule has 162 valence electrons. The molecule has 5 rings (SSSR count). The molecule has 1 saturated heterocycles. The number of likely N-dealkylation sites (tertiary alicyclic amines) is 1. The van der Waals surface area contributed by atoms with Crippen LogP contribution in [0.5, 0.6) is 0 Å². The molecule has 0 atom stereocenters. The number of nitrogens with zero attached hydrogens (tertiary/aromatic N) is 3. The Morgan fingerprint density at radius 1 is 0.969 bits per heavy atom. The third-order valence-electron chi connectivity index (χ3n) is 6.61. The van der Waals surface area contributed by atoms with E-state index < -0.39 is 5.54 Å². The van der Waals surface area contributed by atoms with Gasteiger partial charge in [0.1, 0.15) is 5.82 Å². The van der Waals surface area contributed by atoms with Gasteiger partial charge in [-0.1, -0.05) is 42.5 Å². The molecule has 6 heteroatoms. The van der Waals surface area contributed by atoms with Crippen LogP contribution in [-0.4, -0.2) is 39.7 Å². The lowest BCUT2D eigenvalue weighted by atomic mass is 9.83. The van der Waals surface area contributed by atoms with Crippen molar-refractivity contribution < 1.29 is 14.0 Å². The maximum absolute atomic E-state index is 13.8. The van der Waals surface area contributed by atoms with E-state index in [0.29, 0.717) is 44.5 Å². The van der Waals surface area contributed by atoms with Crippen LogP contribution in [0, 0.1) is 5.82 Å². The van der Waals surface area contributed by atoms with Gasteiger partial charge in [0.05, 0.1) is 23.2 Å². The molecule has 0 aliphatic carbocycles. The second-order valence-corrected chi connectivity index (χ2v) is 8.50. The van der Waals surface area contributed by atoms with Crippen LogP contribution in [0.1, 0.15) is 40.0 Å². The molecule has 0 unspecified atom stereocenters. The molecule has 0 saturated carbocycles. The van der Waals surface area contributed by atoms with Crippen molar-refractivity contribution in [1.29, 1.82) is 0 Å². The van der Waals surface area contributed by atoms with Crippen molar-refractivity contribution in [3.8, 4) is 0 Å². The number of hydrogen-bond acceptors (Lipinski definition) is 3. The van der Waals surface area contributed by atoms with E-state index in [0.717, 1.165) is 16.8 Å². The number of rotatable bonds is 4. The highest BCUT2D eigenvalue weighted by atomic mass is 19.1. The number of piperidine rings is 1. The molecular weight excluding hydrogens is 405 g/mol. The lowest BCUT2D eigenvalue weighted by Gasteiger charge is -2.44. The number of pyridine rings is 1. The predicted molar refractivity (Wildman–Crippen MR) is 118 cm³/mol. The van der Waals surface area contributed by atoms with E-state index in [1.54, 1.807) is 18.3 Å². The summed E-state index contributed by atoms with van der Waals surface area (Å²) < 4.78 is 13.8. The van der Waals surface area contributed by atoms with Gasteiger partial charge in [-0.3, -0.25) is 14.6 Å². The molecule has 2 aliphatic heterocycles. The average molecular weight is 429 g/mol. The second-order valence-electron chi connectivity index (χ2n) is 8.50. The molecule has 1 spiro atoms. The molecule has 0 bridgehead atoms. The molecule has 0 N–H and O–H groups in total. The van der Waals surface area contributed by atoms with Crippen LogP contribution in [0.3, 0.4) is 0 Å². The summed E-state index contributed by atoms with van der Waals surface area (Å²) in [6.45, 7) is 1.41. The van der Waals surface area contributed by atoms with E-state index in [4.69, 9.17) is 0 Å². The van der Waals surface area contributed by atoms with Crippen LogP contribution >= 0.6 is 0 Å². The lowest BCUT2D eigenvalue weighted by molar-refractivity contribution is -0.133. The molecule has 2 aliphatic rings. The van der Waals surface area contributed by atoms with Gasteiger partial charge in [0, 0.05) is 25.8 Å². The number of aromatic nitrogens is 1. The van der Waals surface area contributed by atoms with Crippen LogP contribution in [0.15, 0.2) is 72.9 Å². The van der Waals surface area contributed by atoms with E-state index in [1.807, 2.05) is 52.3 Å². The summed E-state index contributed by atoms with van der Waals surface area (Å²) in [4.78, 5) is 34.5. The van der Waals surface area contributed by atoms with E-state index >= 15 is 0 Å². The minimum atomic E-state index is -0.580. The average Bonchev–Trinajstić information content (AvgIpc) is 3.03. The van der Waals surface area contributed by atoms with Crippen molar-refractivity contribution in [2.45, 2.75) is 31.3 Å². The minimum Gasteiger partial charge on any atom is -0.342 e. The van der Waals surface area contributed by atoms with Crippen molar-refractivity contribution in [1.82, 2.24) is 14.8 Å². The van der Waals surface area contributed by atoms with Gasteiger partial charge in [0.2, 0.25) is 5.91 Å². The molecule has 3 heterocycles. The Labute approximate surface area is 186 Å². The fourth-order valence-corrected chi connectivity index (χ4v) is 4.97. The minimum absolute atomic E-state index is 0.0820. The Morgan fingerprint density at radius 3 is 2.47 bits per heavy atom. The normalized spacial score (nSPS) is 17.0. The third-order valence-corrected chi connectivity index (χ3v) is 6.61. The topological polar surface area (TPSA) is 53.5 Å². The SMILES string of the molecule is O=C(Cc1ccccc1)N1CCC2(CC1)c1ncccc1C(=O)N2Cc1cccc(F)c1. The monoisotopic (exact) mass is 429 g/mol. The Bertz CT molecular complexity index is 1160. The summed E-state index contributed by atoms with van der Waals surface area (Å²) in [6, 6.07) is 19.7. The maximum atomic E-state index is 13.8. The number of fused-ring (bicyclic) bond motifs is 2. The molecule has 1 aromatic heterocycles. The Balaban J connectivity index is 1.39. The Kier molecular flexibility index (Phi) is 5.21. The van der Waals surface area contributed by atoms with Gasteiger partial charge in [-0.25, -0.2) is 4.39 Å². The van der Waals surface area contributed by atoms with Gasteiger partial charge in [-0.2, -0.15) is 0 Å². The quantitative estimate of drug-likeness (QED) is 0.631. The zero-order valence-electron chi connectivity index (χ0n) is 17.7. The van der Waals surface area contributed by atoms with Crippen LogP contribution in [0.25, 0.3) is 0 Å². The van der Waals surface area contributed by atoms with E-state index in [9.17, 15) is 14.0 Å². The molecule has 1 fully saturated rings. The van der Waals surface area contributed by atoms with Gasteiger partial charge < -0.3 is 9.80 Å². The van der Waals surface area contributed by atoms with Crippen LogP contribution in [-0.2, 0) is 23.3 Å². The predicted octanol–water partition coefficient (Wildman–Crippen LogP) is 3.94. The Morgan fingerprint density at radius 2 is 1.72 bits per heavy atom. The van der Waals surface area contributed by atoms with Crippen molar-refractivity contribution in [2.24, 2.45) is 0 Å². The standard InChI is InChI=1S/C26H24FN3O2/c27-21-9-4-8-20(16-21)18-30-25(32)22-10-5-13-28-24(22)26(30)11-14-29(15-12-26)23(31)17-19-6-2-1-3-7-19/h1-10,13,16H,11-12,14-15,17-18H2. The van der Waals surface area contributed by atoms with Gasteiger partial charge in [0.15, 0.2) is 0 Å². The summed E-state index contributed by atoms with van der Waals surface area (Å²) >= 11 is 0. The third kappa shape index (κ3) is 3.55. The maximum Gasteiger partial charge on any atom is 0.256 e. The van der Waals surface area contributed by atoms with Crippen molar-refractivity contribution >= 4 is 11.8 Å². The lowest BCUT2D eigenvalue weighted by Crippen LogP contribution is -2.52. The summed E-state index contributed by atoms with van der Waals surface area (Å²) in [5.74, 6) is -0.310. The summed E-state index contributed by atoms with van der Waals surface area (Å²) in [5.41, 5.74) is 2.54. The van der Waals surface area contributed by atoms with Gasteiger partial charge in [0.25, 0.3) is 5.91 Å². The number of carbonyl (C=O) groups excluding carboxylic acids is 2. The molecule has 0 radical (unpaired) electrons. The highest BCUT2D eigenvalue weighted by molar-refractivity contribution is 5.99. The zero-order valence-corrected chi connectivity index (χ0v) is 17.7. The molecule has 3 aromatic rings.